The summed E-state index contributed by atoms with van der Waals surface area (Å²) in [5, 5.41) is 20.7. The second kappa shape index (κ2) is 21.1. The molecule has 0 aliphatic heterocycles. The lowest BCUT2D eigenvalue weighted by Crippen LogP contribution is -2.59. The summed E-state index contributed by atoms with van der Waals surface area (Å²) in [6.07, 6.45) is 1.79. The summed E-state index contributed by atoms with van der Waals surface area (Å²) < 4.78 is 19.5. The molecule has 5 atom stereocenters. The van der Waals surface area contributed by atoms with Crippen LogP contribution < -0.4 is 32.7 Å². The Balaban J connectivity index is 1.79. The fourth-order valence-electron chi connectivity index (χ4n) is 5.67. The van der Waals surface area contributed by atoms with Crippen LogP contribution in [0.3, 0.4) is 0 Å². The minimum atomic E-state index is -1.25. The van der Waals surface area contributed by atoms with Crippen molar-refractivity contribution in [2.45, 2.75) is 90.4 Å². The zero-order valence-electron chi connectivity index (χ0n) is 31.1. The van der Waals surface area contributed by atoms with Gasteiger partial charge in [-0.2, -0.15) is 0 Å². The first-order chi connectivity index (χ1) is 25.7. The van der Waals surface area contributed by atoms with Gasteiger partial charge in [0.2, 0.25) is 17.7 Å². The molecule has 4 amide bonds. The van der Waals surface area contributed by atoms with Gasteiger partial charge in [0, 0.05) is 18.5 Å². The molecule has 0 unspecified atom stereocenters. The van der Waals surface area contributed by atoms with Crippen molar-refractivity contribution < 1.29 is 37.9 Å². The van der Waals surface area contributed by atoms with E-state index in [1.165, 1.54) is 30.3 Å². The summed E-state index contributed by atoms with van der Waals surface area (Å²) in [5.41, 5.74) is 12.0. The van der Waals surface area contributed by atoms with Gasteiger partial charge in [0.15, 0.2) is 11.7 Å². The van der Waals surface area contributed by atoms with Gasteiger partial charge in [0.25, 0.3) is 5.91 Å². The van der Waals surface area contributed by atoms with Gasteiger partial charge in [-0.15, -0.1) is 0 Å². The average Bonchev–Trinajstić information content (AvgIpc) is 3.63. The molecule has 1 heterocycles. The summed E-state index contributed by atoms with van der Waals surface area (Å²) >= 11 is 0. The molecule has 0 aliphatic carbocycles. The number of aliphatic imine (C=N–C) groups is 1. The van der Waals surface area contributed by atoms with E-state index in [9.17, 15) is 33.5 Å². The van der Waals surface area contributed by atoms with E-state index in [0.29, 0.717) is 36.9 Å². The number of rotatable bonds is 21. The first kappa shape index (κ1) is 42.7. The maximum absolute atomic E-state index is 13.9. The molecule has 0 saturated heterocycles. The lowest BCUT2D eigenvalue weighted by molar-refractivity contribution is -0.142. The van der Waals surface area contributed by atoms with Gasteiger partial charge in [-0.25, -0.2) is 9.18 Å². The van der Waals surface area contributed by atoms with E-state index in [1.54, 1.807) is 43.3 Å². The van der Waals surface area contributed by atoms with Gasteiger partial charge in [-0.05, 0) is 67.3 Å². The number of nitrogens with zero attached hydrogens (tertiary/aromatic N) is 1. The highest BCUT2D eigenvalue weighted by atomic mass is 19.1. The first-order valence-electron chi connectivity index (χ1n) is 18.1. The standard InChI is InChI=1S/C39H52FN7O7/c1-5-24(4)33(37(51)46-30(38(52)53)21-25-12-7-6-8-13-25)47-35(49)29(20-23(2)3)45-34(48)28(16-9-10-19-43-39(41)42)44-36(50)32-18-17-31(54-32)26-14-11-15-27(40)22-26/h6-8,11-15,17-18,22-24,28-30,33H,5,9-10,16,19-21H2,1-4H3,(H,44,50)(H,45,48)(H,46,51)(H,47,49)(H,52,53)(H4,41,42,43)/t24-,28-,29-,30-,33-/m0/s1. The molecule has 15 heteroatoms. The molecule has 1 aromatic heterocycles. The van der Waals surface area contributed by atoms with E-state index in [1.807, 2.05) is 20.8 Å². The molecular formula is C39H52FN7O7. The Morgan fingerprint density at radius 1 is 0.815 bits per heavy atom. The highest BCUT2D eigenvalue weighted by Crippen LogP contribution is 2.23. The number of nitrogens with two attached hydrogens (primary N) is 2. The molecule has 0 radical (unpaired) electrons. The lowest BCUT2D eigenvalue weighted by Gasteiger charge is -2.29. The Kier molecular flexibility index (Phi) is 16.7. The quantitative estimate of drug-likeness (QED) is 0.0479. The van der Waals surface area contributed by atoms with Gasteiger partial charge in [-0.3, -0.25) is 24.2 Å². The molecule has 3 rings (SSSR count). The van der Waals surface area contributed by atoms with Crippen molar-refractivity contribution in [1.29, 1.82) is 0 Å². The zero-order valence-corrected chi connectivity index (χ0v) is 31.1. The van der Waals surface area contributed by atoms with Gasteiger partial charge in [0.1, 0.15) is 35.7 Å². The van der Waals surface area contributed by atoms with E-state index in [2.05, 4.69) is 26.3 Å². The van der Waals surface area contributed by atoms with Crippen LogP contribution in [0.15, 0.2) is 76.1 Å². The number of hydrogen-bond acceptors (Lipinski definition) is 7. The third-order valence-electron chi connectivity index (χ3n) is 8.79. The SMILES string of the molecule is CC[C@H](C)[C@H](NC(=O)[C@H](CC(C)C)NC(=O)[C@H](CCCCN=C(N)N)NC(=O)c1ccc(-c2cccc(F)c2)o1)C(=O)N[C@@H](Cc1ccccc1)C(=O)O. The van der Waals surface area contributed by atoms with Gasteiger partial charge < -0.3 is 42.3 Å². The predicted octanol–water partition coefficient (Wildman–Crippen LogP) is 3.50. The van der Waals surface area contributed by atoms with E-state index in [-0.39, 0.29) is 42.7 Å². The Hall–Kier alpha value is -5.73. The van der Waals surface area contributed by atoms with E-state index >= 15 is 0 Å². The number of benzene rings is 2. The summed E-state index contributed by atoms with van der Waals surface area (Å²) in [4.78, 5) is 70.7. The number of carbonyl (C=O) groups excluding carboxylic acids is 4. The summed E-state index contributed by atoms with van der Waals surface area (Å²) in [7, 11) is 0. The molecule has 0 spiro atoms. The minimum absolute atomic E-state index is 0.0400. The summed E-state index contributed by atoms with van der Waals surface area (Å²) in [6.45, 7) is 7.62. The van der Waals surface area contributed by atoms with Crippen LogP contribution in [0.25, 0.3) is 11.3 Å². The van der Waals surface area contributed by atoms with E-state index < -0.39 is 65.5 Å². The number of aliphatic carboxylic acids is 1. The van der Waals surface area contributed by atoms with Gasteiger partial charge in [-0.1, -0.05) is 76.6 Å². The van der Waals surface area contributed by atoms with E-state index in [0.717, 1.165) is 0 Å². The highest BCUT2D eigenvalue weighted by molar-refractivity contribution is 5.98. The van der Waals surface area contributed by atoms with Crippen molar-refractivity contribution in [3.05, 3.63) is 83.9 Å². The van der Waals surface area contributed by atoms with Crippen LogP contribution in [0.4, 0.5) is 4.39 Å². The van der Waals surface area contributed by atoms with Crippen LogP contribution in [0.5, 0.6) is 0 Å². The third-order valence-corrected chi connectivity index (χ3v) is 8.79. The Morgan fingerprint density at radius 3 is 2.13 bits per heavy atom. The summed E-state index contributed by atoms with van der Waals surface area (Å²) in [5.74, 6) is -4.77. The van der Waals surface area contributed by atoms with Gasteiger partial charge >= 0.3 is 5.97 Å². The molecule has 0 saturated carbocycles. The Bertz CT molecular complexity index is 1740. The highest BCUT2D eigenvalue weighted by Gasteiger charge is 2.34. The molecular weight excluding hydrogens is 697 g/mol. The number of nitrogens with one attached hydrogen (secondary N) is 4. The molecule has 0 fully saturated rings. The number of carboxylic acid groups (broad SMARTS) is 1. The number of guanidine groups is 1. The van der Waals surface area contributed by atoms with Crippen LogP contribution in [-0.2, 0) is 25.6 Å². The van der Waals surface area contributed by atoms with Crippen LogP contribution >= 0.6 is 0 Å². The van der Waals surface area contributed by atoms with Crippen LogP contribution in [0.1, 0.15) is 75.9 Å². The smallest absolute Gasteiger partial charge is 0.326 e. The Morgan fingerprint density at radius 2 is 1.50 bits per heavy atom. The molecule has 3 aromatic rings. The van der Waals surface area contributed by atoms with Crippen molar-refractivity contribution in [2.75, 3.05) is 6.54 Å². The second-order valence-electron chi connectivity index (χ2n) is 13.7. The minimum Gasteiger partial charge on any atom is -0.480 e. The lowest BCUT2D eigenvalue weighted by atomic mass is 9.96. The number of amides is 4. The van der Waals surface area contributed by atoms with Crippen molar-refractivity contribution in [2.24, 2.45) is 28.3 Å². The number of hydrogen-bond donors (Lipinski definition) is 7. The molecule has 54 heavy (non-hydrogen) atoms. The molecule has 0 bridgehead atoms. The summed E-state index contributed by atoms with van der Waals surface area (Å²) in [6, 6.07) is 12.9. The number of carboxylic acids is 1. The fourth-order valence-corrected chi connectivity index (χ4v) is 5.67. The topological polar surface area (TPSA) is 231 Å². The maximum atomic E-state index is 13.9. The maximum Gasteiger partial charge on any atom is 0.326 e. The average molecular weight is 750 g/mol. The van der Waals surface area contributed by atoms with E-state index in [4.69, 9.17) is 15.9 Å². The van der Waals surface area contributed by atoms with Crippen LogP contribution in [0.2, 0.25) is 0 Å². The first-order valence-corrected chi connectivity index (χ1v) is 18.1. The molecule has 14 nitrogen and oxygen atoms in total. The van der Waals surface area contributed by atoms with Crippen molar-refractivity contribution in [3.8, 4) is 11.3 Å². The molecule has 2 aromatic carbocycles. The number of unbranched alkanes of at least 4 members (excludes halogenated alkanes) is 1. The zero-order chi connectivity index (χ0) is 39.8. The van der Waals surface area contributed by atoms with Crippen molar-refractivity contribution >= 4 is 35.6 Å². The fraction of sp³-hybridized carbons (Fsp3) is 0.436. The number of carbonyl (C=O) groups is 5. The molecule has 292 valence electrons. The molecule has 0 aliphatic rings. The number of furan rings is 1. The van der Waals surface area contributed by atoms with Gasteiger partial charge in [0.05, 0.1) is 0 Å². The van der Waals surface area contributed by atoms with Crippen LogP contribution in [0, 0.1) is 17.7 Å². The second-order valence-corrected chi connectivity index (χ2v) is 13.7. The third kappa shape index (κ3) is 13.7. The Labute approximate surface area is 314 Å². The monoisotopic (exact) mass is 749 g/mol. The molecule has 9 N–H and O–H groups in total. The largest absolute Gasteiger partial charge is 0.480 e. The van der Waals surface area contributed by atoms with Crippen molar-refractivity contribution in [1.82, 2.24) is 21.3 Å². The van der Waals surface area contributed by atoms with Crippen LogP contribution in [-0.4, -0.2) is 71.4 Å². The van der Waals surface area contributed by atoms with Crippen molar-refractivity contribution in [3.63, 3.8) is 0 Å². The normalized spacial score (nSPS) is 13.8. The predicted molar refractivity (Wildman–Crippen MR) is 202 cm³/mol. The number of halogens is 1.